The lowest BCUT2D eigenvalue weighted by molar-refractivity contribution is 0.562. The highest BCUT2D eigenvalue weighted by Gasteiger charge is 2.32. The molecule has 3 aliphatic rings. The lowest BCUT2D eigenvalue weighted by Crippen LogP contribution is -2.09. The van der Waals surface area contributed by atoms with Crippen LogP contribution in [0.5, 0.6) is 0 Å². The molecule has 2 unspecified atom stereocenters. The van der Waals surface area contributed by atoms with Gasteiger partial charge in [0.15, 0.2) is 0 Å². The van der Waals surface area contributed by atoms with Crippen molar-refractivity contribution in [3.05, 3.63) is 80.9 Å². The fourth-order valence-corrected chi connectivity index (χ4v) is 5.07. The van der Waals surface area contributed by atoms with E-state index in [9.17, 15) is 0 Å². The Bertz CT molecular complexity index is 819. The molecule has 2 aromatic rings. The van der Waals surface area contributed by atoms with Crippen LogP contribution in [0.15, 0.2) is 47.5 Å². The third-order valence-corrected chi connectivity index (χ3v) is 6.26. The lowest BCUT2D eigenvalue weighted by Gasteiger charge is -2.26. The zero-order chi connectivity index (χ0) is 16.3. The number of hydrogen-bond donors (Lipinski definition) is 0. The van der Waals surface area contributed by atoms with Crippen molar-refractivity contribution in [2.75, 3.05) is 0 Å². The van der Waals surface area contributed by atoms with Gasteiger partial charge in [0, 0.05) is 11.8 Å². The Balaban J connectivity index is 1.50. The standard InChI is InChI=1S/C24H24/c1-15-3-7-23-19(11-15)13-17-5-6-18-14-20-12-16(2)4-8-24(20)22(18)10-9-21(17)23/h3-4,7-8,11-14,21-22H,5-6,9-10H2,1-2H3. The van der Waals surface area contributed by atoms with Gasteiger partial charge in [0.2, 0.25) is 0 Å². The zero-order valence-corrected chi connectivity index (χ0v) is 14.6. The molecule has 0 radical (unpaired) electrons. The first-order chi connectivity index (χ1) is 11.7. The van der Waals surface area contributed by atoms with Crippen molar-refractivity contribution in [2.24, 2.45) is 0 Å². The fourth-order valence-electron chi connectivity index (χ4n) is 5.07. The lowest BCUT2D eigenvalue weighted by atomic mass is 9.78. The van der Waals surface area contributed by atoms with Crippen LogP contribution in [0, 0.1) is 13.8 Å². The van der Waals surface area contributed by atoms with E-state index >= 15 is 0 Å². The largest absolute Gasteiger partial charge is 0.0618 e. The van der Waals surface area contributed by atoms with Crippen molar-refractivity contribution >= 4 is 12.2 Å². The summed E-state index contributed by atoms with van der Waals surface area (Å²) in [5, 5.41) is 0. The molecule has 0 amide bonds. The van der Waals surface area contributed by atoms with Crippen molar-refractivity contribution < 1.29 is 0 Å². The van der Waals surface area contributed by atoms with E-state index in [1.807, 2.05) is 0 Å². The predicted octanol–water partition coefficient (Wildman–Crippen LogP) is 6.54. The van der Waals surface area contributed by atoms with Crippen LogP contribution in [0.3, 0.4) is 0 Å². The van der Waals surface area contributed by atoms with E-state index < -0.39 is 0 Å². The van der Waals surface area contributed by atoms with Gasteiger partial charge in [-0.3, -0.25) is 0 Å². The maximum atomic E-state index is 2.49. The molecule has 0 heteroatoms. The Morgan fingerprint density at radius 1 is 0.667 bits per heavy atom. The second-order valence-electron chi connectivity index (χ2n) is 7.89. The van der Waals surface area contributed by atoms with Crippen molar-refractivity contribution in [2.45, 2.75) is 51.4 Å². The van der Waals surface area contributed by atoms with E-state index in [0.717, 1.165) is 0 Å². The van der Waals surface area contributed by atoms with Crippen LogP contribution in [-0.4, -0.2) is 0 Å². The molecule has 0 aliphatic heterocycles. The van der Waals surface area contributed by atoms with E-state index in [0.29, 0.717) is 11.8 Å². The molecule has 2 atom stereocenters. The van der Waals surface area contributed by atoms with E-state index in [1.54, 1.807) is 22.3 Å². The van der Waals surface area contributed by atoms with Gasteiger partial charge >= 0.3 is 0 Å². The first-order valence-electron chi connectivity index (χ1n) is 9.31. The molecule has 0 bridgehead atoms. The van der Waals surface area contributed by atoms with Crippen molar-refractivity contribution in [3.8, 4) is 0 Å². The van der Waals surface area contributed by atoms with Crippen LogP contribution in [0.4, 0.5) is 0 Å². The van der Waals surface area contributed by atoms with Gasteiger partial charge in [0.05, 0.1) is 0 Å². The average Bonchev–Trinajstić information content (AvgIpc) is 3.05. The third-order valence-electron chi connectivity index (χ3n) is 6.26. The number of rotatable bonds is 0. The minimum atomic E-state index is 0.664. The van der Waals surface area contributed by atoms with Gasteiger partial charge in [-0.1, -0.05) is 70.8 Å². The highest BCUT2D eigenvalue weighted by molar-refractivity contribution is 5.70. The zero-order valence-electron chi connectivity index (χ0n) is 14.6. The van der Waals surface area contributed by atoms with Gasteiger partial charge in [-0.05, 0) is 61.8 Å². The molecule has 0 aromatic heterocycles. The van der Waals surface area contributed by atoms with Crippen LogP contribution in [0.25, 0.3) is 12.2 Å². The highest BCUT2D eigenvalue weighted by Crippen LogP contribution is 2.50. The van der Waals surface area contributed by atoms with E-state index in [2.05, 4.69) is 62.4 Å². The summed E-state index contributed by atoms with van der Waals surface area (Å²) in [7, 11) is 0. The van der Waals surface area contributed by atoms with E-state index in [-0.39, 0.29) is 0 Å². The second kappa shape index (κ2) is 5.21. The summed E-state index contributed by atoms with van der Waals surface area (Å²) in [6.07, 6.45) is 10.0. The minimum Gasteiger partial charge on any atom is -0.0618 e. The van der Waals surface area contributed by atoms with Gasteiger partial charge in [-0.2, -0.15) is 0 Å². The first-order valence-corrected chi connectivity index (χ1v) is 9.31. The molecule has 0 spiro atoms. The van der Waals surface area contributed by atoms with E-state index in [4.69, 9.17) is 0 Å². The fraction of sp³-hybridized carbons (Fsp3) is 0.333. The maximum Gasteiger partial charge on any atom is 0.00578 e. The average molecular weight is 312 g/mol. The number of aryl methyl sites for hydroxylation is 2. The van der Waals surface area contributed by atoms with Crippen LogP contribution < -0.4 is 0 Å². The van der Waals surface area contributed by atoms with Crippen molar-refractivity contribution in [3.63, 3.8) is 0 Å². The molecule has 2 aromatic carbocycles. The summed E-state index contributed by atoms with van der Waals surface area (Å²) < 4.78 is 0. The van der Waals surface area contributed by atoms with E-state index in [1.165, 1.54) is 47.9 Å². The van der Waals surface area contributed by atoms with Crippen LogP contribution in [0.2, 0.25) is 0 Å². The topological polar surface area (TPSA) is 0 Å². The second-order valence-corrected chi connectivity index (χ2v) is 7.89. The third kappa shape index (κ3) is 2.13. The summed E-state index contributed by atoms with van der Waals surface area (Å²) in [6.45, 7) is 4.40. The normalized spacial score (nSPS) is 24.1. The quantitative estimate of drug-likeness (QED) is 0.518. The van der Waals surface area contributed by atoms with Crippen LogP contribution >= 0.6 is 0 Å². The Morgan fingerprint density at radius 3 is 1.58 bits per heavy atom. The Labute approximate surface area is 144 Å². The highest BCUT2D eigenvalue weighted by atomic mass is 14.4. The Morgan fingerprint density at radius 2 is 1.12 bits per heavy atom. The summed E-state index contributed by atoms with van der Waals surface area (Å²) >= 11 is 0. The molecule has 3 aliphatic carbocycles. The number of allylic oxidation sites excluding steroid dienone is 2. The molecule has 5 rings (SSSR count). The van der Waals surface area contributed by atoms with Crippen LogP contribution in [0.1, 0.15) is 70.9 Å². The predicted molar refractivity (Wildman–Crippen MR) is 102 cm³/mol. The number of hydrogen-bond acceptors (Lipinski definition) is 0. The van der Waals surface area contributed by atoms with Gasteiger partial charge in [-0.25, -0.2) is 0 Å². The molecule has 0 heterocycles. The molecule has 0 N–H and O–H groups in total. The molecular formula is C24H24. The maximum absolute atomic E-state index is 2.49. The summed E-state index contributed by atoms with van der Waals surface area (Å²) in [5.74, 6) is 1.33. The number of fused-ring (bicyclic) bond motifs is 6. The molecule has 120 valence electrons. The smallest absolute Gasteiger partial charge is 0.00578 e. The van der Waals surface area contributed by atoms with Crippen LogP contribution in [-0.2, 0) is 0 Å². The summed E-state index contributed by atoms with van der Waals surface area (Å²) in [6, 6.07) is 14.1. The molecule has 0 saturated heterocycles. The minimum absolute atomic E-state index is 0.664. The molecule has 0 nitrogen and oxygen atoms in total. The SMILES string of the molecule is Cc1ccc2c(c1)C=C1CCC3=Cc4cc(C)ccc4C3CCC12. The van der Waals surface area contributed by atoms with Crippen molar-refractivity contribution in [1.82, 2.24) is 0 Å². The van der Waals surface area contributed by atoms with Gasteiger partial charge in [0.1, 0.15) is 0 Å². The van der Waals surface area contributed by atoms with Gasteiger partial charge < -0.3 is 0 Å². The molecular weight excluding hydrogens is 288 g/mol. The van der Waals surface area contributed by atoms with Crippen molar-refractivity contribution in [1.29, 1.82) is 0 Å². The summed E-state index contributed by atoms with van der Waals surface area (Å²) in [4.78, 5) is 0. The van der Waals surface area contributed by atoms with Gasteiger partial charge in [0.25, 0.3) is 0 Å². The Hall–Kier alpha value is -2.08. The molecule has 1 saturated carbocycles. The first kappa shape index (κ1) is 14.3. The number of benzene rings is 2. The molecule has 1 fully saturated rings. The monoisotopic (exact) mass is 312 g/mol. The summed E-state index contributed by atoms with van der Waals surface area (Å²) in [5.41, 5.74) is 12.2. The Kier molecular flexibility index (Phi) is 3.10. The molecule has 24 heavy (non-hydrogen) atoms. The van der Waals surface area contributed by atoms with Gasteiger partial charge in [-0.15, -0.1) is 0 Å².